The number of fused-ring (bicyclic) bond motifs is 2. The summed E-state index contributed by atoms with van der Waals surface area (Å²) in [5, 5.41) is 10.9. The Morgan fingerprint density at radius 1 is 0.914 bits per heavy atom. The fourth-order valence-electron chi connectivity index (χ4n) is 4.53. The highest BCUT2D eigenvalue weighted by Crippen LogP contribution is 2.34. The maximum absolute atomic E-state index is 12.4. The highest BCUT2D eigenvalue weighted by Gasteiger charge is 2.16. The minimum Gasteiger partial charge on any atom is -0.486 e. The van der Waals surface area contributed by atoms with Crippen molar-refractivity contribution in [1.82, 2.24) is 19.5 Å². The minimum absolute atomic E-state index is 0.000948. The summed E-state index contributed by atoms with van der Waals surface area (Å²) in [4.78, 5) is 19.2. The molecule has 2 N–H and O–H groups in total. The Kier molecular flexibility index (Phi) is 5.67. The number of nitrogens with one attached hydrogen (secondary N) is 2. The molecule has 0 spiro atoms. The molecule has 178 valence electrons. The first kappa shape index (κ1) is 21.4. The van der Waals surface area contributed by atoms with Crippen LogP contribution in [0.3, 0.4) is 0 Å². The predicted molar refractivity (Wildman–Crippen MR) is 133 cm³/mol. The molecule has 1 amide bonds. The van der Waals surface area contributed by atoms with Gasteiger partial charge in [-0.3, -0.25) is 9.69 Å². The highest BCUT2D eigenvalue weighted by molar-refractivity contribution is 5.92. The summed E-state index contributed by atoms with van der Waals surface area (Å²) in [6.07, 6.45) is 2.32. The second-order valence-corrected chi connectivity index (χ2v) is 8.71. The van der Waals surface area contributed by atoms with Gasteiger partial charge in [0.15, 0.2) is 17.1 Å². The van der Waals surface area contributed by atoms with Gasteiger partial charge in [-0.1, -0.05) is 12.1 Å². The summed E-state index contributed by atoms with van der Waals surface area (Å²) >= 11 is 0. The third kappa shape index (κ3) is 4.63. The summed E-state index contributed by atoms with van der Waals surface area (Å²) in [7, 11) is 0. The van der Waals surface area contributed by atoms with E-state index in [0.29, 0.717) is 25.7 Å². The largest absolute Gasteiger partial charge is 0.486 e. The van der Waals surface area contributed by atoms with Crippen molar-refractivity contribution in [3.8, 4) is 22.8 Å². The fraction of sp³-hybridized carbons (Fsp3) is 0.269. The average Bonchev–Trinajstić information content (AvgIpc) is 3.53. The van der Waals surface area contributed by atoms with E-state index in [1.807, 2.05) is 60.7 Å². The molecule has 2 aliphatic heterocycles. The average molecular weight is 471 g/mol. The van der Waals surface area contributed by atoms with Gasteiger partial charge in [0.25, 0.3) is 0 Å². The lowest BCUT2D eigenvalue weighted by molar-refractivity contribution is -0.117. The third-order valence-electron chi connectivity index (χ3n) is 6.17. The number of likely N-dealkylation sites (tertiary alicyclic amines) is 1. The zero-order valence-electron chi connectivity index (χ0n) is 19.2. The number of hydrogen-bond acceptors (Lipinski definition) is 7. The van der Waals surface area contributed by atoms with Gasteiger partial charge in [0.2, 0.25) is 11.9 Å². The first-order chi connectivity index (χ1) is 17.2. The van der Waals surface area contributed by atoms with Gasteiger partial charge in [-0.2, -0.15) is 4.98 Å². The van der Waals surface area contributed by atoms with Gasteiger partial charge in [0.1, 0.15) is 13.2 Å². The zero-order chi connectivity index (χ0) is 23.6. The SMILES string of the molecule is O=C(CN1CCCC1)Nc1cccc(Nc2nc3cccc(-c4ccc5c(c4)OCCO5)n3n2)c1. The lowest BCUT2D eigenvalue weighted by Gasteiger charge is -2.19. The van der Waals surface area contributed by atoms with Crippen LogP contribution in [0, 0.1) is 0 Å². The smallest absolute Gasteiger partial charge is 0.247 e. The first-order valence-corrected chi connectivity index (χ1v) is 11.9. The lowest BCUT2D eigenvalue weighted by Crippen LogP contribution is -2.30. The van der Waals surface area contributed by atoms with Gasteiger partial charge >= 0.3 is 0 Å². The van der Waals surface area contributed by atoms with E-state index in [1.165, 1.54) is 0 Å². The summed E-state index contributed by atoms with van der Waals surface area (Å²) in [6, 6.07) is 19.3. The van der Waals surface area contributed by atoms with Gasteiger partial charge < -0.3 is 20.1 Å². The van der Waals surface area contributed by atoms with E-state index >= 15 is 0 Å². The monoisotopic (exact) mass is 470 g/mol. The van der Waals surface area contributed by atoms with E-state index in [2.05, 4.69) is 25.6 Å². The standard InChI is InChI=1S/C26H26N6O3/c33-25(17-31-11-1-2-12-31)27-19-5-3-6-20(16-19)28-26-29-24-8-4-7-21(32(24)30-26)18-9-10-22-23(15-18)35-14-13-34-22/h3-10,15-16H,1-2,11-14,17H2,(H,27,33)(H,28,30). The Balaban J connectivity index is 1.21. The fourth-order valence-corrected chi connectivity index (χ4v) is 4.53. The quantitative estimate of drug-likeness (QED) is 0.441. The van der Waals surface area contributed by atoms with Crippen LogP contribution in [-0.4, -0.2) is 58.3 Å². The molecule has 4 heterocycles. The molecule has 1 fully saturated rings. The minimum atomic E-state index is -0.000948. The number of aromatic nitrogens is 3. The van der Waals surface area contributed by atoms with Gasteiger partial charge in [-0.25, -0.2) is 4.52 Å². The molecule has 0 atom stereocenters. The molecular weight excluding hydrogens is 444 g/mol. The van der Waals surface area contributed by atoms with Crippen molar-refractivity contribution in [2.75, 3.05) is 43.5 Å². The summed E-state index contributed by atoms with van der Waals surface area (Å²) in [5.74, 6) is 1.95. The van der Waals surface area contributed by atoms with Crippen molar-refractivity contribution in [3.63, 3.8) is 0 Å². The van der Waals surface area contributed by atoms with Gasteiger partial charge in [0.05, 0.1) is 12.2 Å². The highest BCUT2D eigenvalue weighted by atomic mass is 16.6. The molecule has 2 aromatic carbocycles. The number of pyridine rings is 1. The Morgan fingerprint density at radius 3 is 2.60 bits per heavy atom. The van der Waals surface area contributed by atoms with Crippen LogP contribution < -0.4 is 20.1 Å². The molecule has 35 heavy (non-hydrogen) atoms. The molecule has 6 rings (SSSR count). The third-order valence-corrected chi connectivity index (χ3v) is 6.17. The van der Waals surface area contributed by atoms with Crippen LogP contribution in [0.1, 0.15) is 12.8 Å². The van der Waals surface area contributed by atoms with Crippen molar-refractivity contribution < 1.29 is 14.3 Å². The summed E-state index contributed by atoms with van der Waals surface area (Å²) in [5.41, 5.74) is 4.10. The van der Waals surface area contributed by atoms with Crippen LogP contribution in [0.2, 0.25) is 0 Å². The number of nitrogens with zero attached hydrogens (tertiary/aromatic N) is 4. The molecule has 1 saturated heterocycles. The van der Waals surface area contributed by atoms with Crippen LogP contribution >= 0.6 is 0 Å². The maximum Gasteiger partial charge on any atom is 0.247 e. The summed E-state index contributed by atoms with van der Waals surface area (Å²) < 4.78 is 13.2. The van der Waals surface area contributed by atoms with E-state index in [9.17, 15) is 4.79 Å². The zero-order valence-corrected chi connectivity index (χ0v) is 19.2. The van der Waals surface area contributed by atoms with E-state index < -0.39 is 0 Å². The number of amides is 1. The number of ether oxygens (including phenoxy) is 2. The van der Waals surface area contributed by atoms with Crippen molar-refractivity contribution in [2.45, 2.75) is 12.8 Å². The molecule has 0 saturated carbocycles. The van der Waals surface area contributed by atoms with Crippen LogP contribution in [0.15, 0.2) is 60.7 Å². The molecular formula is C26H26N6O3. The molecule has 9 nitrogen and oxygen atoms in total. The Hall–Kier alpha value is -4.11. The van der Waals surface area contributed by atoms with E-state index in [4.69, 9.17) is 9.47 Å². The van der Waals surface area contributed by atoms with Gasteiger partial charge in [-0.15, -0.1) is 5.10 Å². The van der Waals surface area contributed by atoms with Gasteiger partial charge in [0, 0.05) is 16.9 Å². The normalized spacial score (nSPS) is 15.3. The van der Waals surface area contributed by atoms with E-state index in [1.54, 1.807) is 4.52 Å². The number of rotatable bonds is 6. The van der Waals surface area contributed by atoms with Crippen molar-refractivity contribution in [3.05, 3.63) is 60.7 Å². The van der Waals surface area contributed by atoms with Crippen LogP contribution in [0.5, 0.6) is 11.5 Å². The Morgan fingerprint density at radius 2 is 1.71 bits per heavy atom. The topological polar surface area (TPSA) is 93.0 Å². The van der Waals surface area contributed by atoms with Gasteiger partial charge in [-0.05, 0) is 74.5 Å². The molecule has 4 aromatic rings. The number of hydrogen-bond donors (Lipinski definition) is 2. The predicted octanol–water partition coefficient (Wildman–Crippen LogP) is 3.95. The number of carbonyl (C=O) groups excluding carboxylic acids is 1. The molecule has 2 aliphatic rings. The Labute approximate surface area is 202 Å². The molecule has 2 aromatic heterocycles. The molecule has 0 radical (unpaired) electrons. The number of carbonyl (C=O) groups is 1. The van der Waals surface area contributed by atoms with Crippen molar-refractivity contribution in [2.24, 2.45) is 0 Å². The second kappa shape index (κ2) is 9.27. The molecule has 9 heteroatoms. The molecule has 0 unspecified atom stereocenters. The van der Waals surface area contributed by atoms with E-state index in [-0.39, 0.29) is 5.91 Å². The van der Waals surface area contributed by atoms with Crippen molar-refractivity contribution >= 4 is 28.9 Å². The maximum atomic E-state index is 12.4. The lowest BCUT2D eigenvalue weighted by atomic mass is 10.1. The van der Waals surface area contributed by atoms with Crippen LogP contribution in [-0.2, 0) is 4.79 Å². The van der Waals surface area contributed by atoms with E-state index in [0.717, 1.165) is 65.7 Å². The first-order valence-electron chi connectivity index (χ1n) is 11.9. The summed E-state index contributed by atoms with van der Waals surface area (Å²) in [6.45, 7) is 3.50. The second-order valence-electron chi connectivity index (χ2n) is 8.71. The Bertz CT molecular complexity index is 1380. The van der Waals surface area contributed by atoms with Crippen LogP contribution in [0.25, 0.3) is 16.9 Å². The molecule has 0 aliphatic carbocycles. The number of benzene rings is 2. The van der Waals surface area contributed by atoms with Crippen molar-refractivity contribution in [1.29, 1.82) is 0 Å². The molecule has 0 bridgehead atoms. The van der Waals surface area contributed by atoms with Crippen LogP contribution in [0.4, 0.5) is 17.3 Å². The number of anilines is 3.